The smallest absolute Gasteiger partial charge is 0.277 e. The molecule has 3 rings (SSSR count). The van der Waals surface area contributed by atoms with Gasteiger partial charge in [-0.3, -0.25) is 4.79 Å². The van der Waals surface area contributed by atoms with Crippen LogP contribution in [0.25, 0.3) is 11.5 Å². The number of ketones is 1. The van der Waals surface area contributed by atoms with E-state index in [2.05, 4.69) is 26.1 Å². The fourth-order valence-electron chi connectivity index (χ4n) is 2.63. The van der Waals surface area contributed by atoms with Crippen molar-refractivity contribution < 1.29 is 23.4 Å². The molecule has 0 aliphatic carbocycles. The van der Waals surface area contributed by atoms with E-state index < -0.39 is 0 Å². The number of ether oxygens (including phenoxy) is 3. The fourth-order valence-corrected chi connectivity index (χ4v) is 3.66. The predicted molar refractivity (Wildman–Crippen MR) is 113 cm³/mol. The van der Waals surface area contributed by atoms with Crippen molar-refractivity contribution in [1.29, 1.82) is 0 Å². The molecule has 0 bridgehead atoms. The number of thioether (sulfide) groups is 1. The van der Waals surface area contributed by atoms with Gasteiger partial charge in [0.25, 0.3) is 5.22 Å². The van der Waals surface area contributed by atoms with Crippen molar-refractivity contribution in [3.05, 3.63) is 46.4 Å². The Hall–Kier alpha value is -2.52. The van der Waals surface area contributed by atoms with Gasteiger partial charge < -0.3 is 18.6 Å². The van der Waals surface area contributed by atoms with Crippen molar-refractivity contribution in [3.8, 4) is 28.7 Å². The van der Waals surface area contributed by atoms with E-state index in [0.29, 0.717) is 33.6 Å². The van der Waals surface area contributed by atoms with Gasteiger partial charge in [-0.15, -0.1) is 10.2 Å². The van der Waals surface area contributed by atoms with Crippen LogP contribution in [0.5, 0.6) is 17.2 Å². The van der Waals surface area contributed by atoms with Crippen molar-refractivity contribution >= 4 is 33.5 Å². The van der Waals surface area contributed by atoms with E-state index >= 15 is 0 Å². The van der Waals surface area contributed by atoms with Crippen LogP contribution < -0.4 is 14.2 Å². The first kappa shape index (κ1) is 21.2. The van der Waals surface area contributed by atoms with Crippen LogP contribution in [-0.4, -0.2) is 42.6 Å². The molecule has 0 amide bonds. The Kier molecular flexibility index (Phi) is 6.81. The molecule has 9 heteroatoms. The minimum Gasteiger partial charge on any atom is -0.493 e. The van der Waals surface area contributed by atoms with Gasteiger partial charge in [0.15, 0.2) is 17.3 Å². The average Bonchev–Trinajstić information content (AvgIpc) is 3.21. The number of methoxy groups -OCH3 is 3. The summed E-state index contributed by atoms with van der Waals surface area (Å²) in [6, 6.07) is 10.7. The van der Waals surface area contributed by atoms with Gasteiger partial charge in [0.1, 0.15) is 0 Å². The van der Waals surface area contributed by atoms with Gasteiger partial charge in [-0.2, -0.15) is 0 Å². The summed E-state index contributed by atoms with van der Waals surface area (Å²) in [5.41, 5.74) is 1.24. The molecule has 2 aromatic carbocycles. The third kappa shape index (κ3) is 4.73. The van der Waals surface area contributed by atoms with Crippen molar-refractivity contribution in [2.24, 2.45) is 0 Å². The molecule has 3 aromatic rings. The van der Waals surface area contributed by atoms with Gasteiger partial charge in [0.2, 0.25) is 11.6 Å². The number of hydrogen-bond acceptors (Lipinski definition) is 8. The number of carbonyl (C=O) groups excluding carboxylic acids is 1. The number of nitrogens with zero attached hydrogens (tertiary/aromatic N) is 2. The second-order valence-electron chi connectivity index (χ2n) is 5.92. The molecule has 0 fully saturated rings. The Morgan fingerprint density at radius 1 is 1.03 bits per heavy atom. The molecule has 1 atom stereocenters. The van der Waals surface area contributed by atoms with Crippen LogP contribution in [0.4, 0.5) is 0 Å². The van der Waals surface area contributed by atoms with Gasteiger partial charge in [-0.1, -0.05) is 39.8 Å². The fraction of sp³-hybridized carbons (Fsp3) is 0.250. The van der Waals surface area contributed by atoms with E-state index in [9.17, 15) is 4.79 Å². The molecule has 0 aliphatic heterocycles. The molecular weight excluding hydrogens is 460 g/mol. The van der Waals surface area contributed by atoms with Crippen LogP contribution in [0.15, 0.2) is 50.5 Å². The molecular formula is C20H19BrN2O5S. The number of carbonyl (C=O) groups is 1. The van der Waals surface area contributed by atoms with Gasteiger partial charge >= 0.3 is 0 Å². The molecule has 0 N–H and O–H groups in total. The lowest BCUT2D eigenvalue weighted by atomic mass is 10.1. The summed E-state index contributed by atoms with van der Waals surface area (Å²) in [5, 5.41) is 8.05. The monoisotopic (exact) mass is 478 g/mol. The van der Waals surface area contributed by atoms with E-state index in [1.54, 1.807) is 31.2 Å². The van der Waals surface area contributed by atoms with Crippen LogP contribution in [0, 0.1) is 0 Å². The zero-order chi connectivity index (χ0) is 21.0. The summed E-state index contributed by atoms with van der Waals surface area (Å²) >= 11 is 4.57. The van der Waals surface area contributed by atoms with Gasteiger partial charge in [-0.05, 0) is 31.2 Å². The number of benzene rings is 2. The summed E-state index contributed by atoms with van der Waals surface area (Å²) in [7, 11) is 4.60. The number of hydrogen-bond donors (Lipinski definition) is 0. The molecule has 1 heterocycles. The van der Waals surface area contributed by atoms with Crippen molar-refractivity contribution in [2.75, 3.05) is 21.3 Å². The minimum atomic E-state index is -0.385. The molecule has 29 heavy (non-hydrogen) atoms. The predicted octanol–water partition coefficient (Wildman–Crippen LogP) is 4.89. The first-order chi connectivity index (χ1) is 14.0. The highest BCUT2D eigenvalue weighted by Crippen LogP contribution is 2.41. The van der Waals surface area contributed by atoms with Gasteiger partial charge in [0.05, 0.1) is 26.6 Å². The van der Waals surface area contributed by atoms with E-state index in [4.69, 9.17) is 18.6 Å². The van der Waals surface area contributed by atoms with Crippen molar-refractivity contribution in [2.45, 2.75) is 17.4 Å². The molecule has 0 saturated carbocycles. The summed E-state index contributed by atoms with van der Waals surface area (Å²) in [5.74, 6) is 1.70. The lowest BCUT2D eigenvalue weighted by Gasteiger charge is -2.12. The Bertz CT molecular complexity index is 981. The van der Waals surface area contributed by atoms with Crippen LogP contribution in [0.1, 0.15) is 17.3 Å². The third-order valence-corrected chi connectivity index (χ3v) is 5.56. The molecule has 7 nitrogen and oxygen atoms in total. The first-order valence-corrected chi connectivity index (χ1v) is 10.2. The molecule has 0 saturated heterocycles. The van der Waals surface area contributed by atoms with Crippen molar-refractivity contribution in [1.82, 2.24) is 10.2 Å². The molecule has 0 aliphatic rings. The maximum absolute atomic E-state index is 12.6. The number of Topliss-reactive ketones (excluding diaryl/α,β-unsaturated/α-hetero) is 1. The summed E-state index contributed by atoms with van der Waals surface area (Å²) < 4.78 is 22.7. The Balaban J connectivity index is 1.80. The average molecular weight is 479 g/mol. The minimum absolute atomic E-state index is 0.0185. The third-order valence-electron chi connectivity index (χ3n) is 4.09. The number of halogens is 1. The highest BCUT2D eigenvalue weighted by Gasteiger charge is 2.21. The normalized spacial score (nSPS) is 11.8. The Labute approximate surface area is 180 Å². The molecule has 1 aromatic heterocycles. The molecule has 0 unspecified atom stereocenters. The Morgan fingerprint density at radius 3 is 2.21 bits per heavy atom. The lowest BCUT2D eigenvalue weighted by molar-refractivity contribution is 0.0993. The summed E-state index contributed by atoms with van der Waals surface area (Å²) in [4.78, 5) is 12.6. The molecule has 152 valence electrons. The van der Waals surface area contributed by atoms with Gasteiger partial charge in [-0.25, -0.2) is 0 Å². The first-order valence-electron chi connectivity index (χ1n) is 8.57. The Morgan fingerprint density at radius 2 is 1.66 bits per heavy atom. The second kappa shape index (κ2) is 9.32. The lowest BCUT2D eigenvalue weighted by Crippen LogP contribution is -2.13. The van der Waals surface area contributed by atoms with Crippen LogP contribution in [0.2, 0.25) is 0 Å². The standard InChI is InChI=1S/C20H19BrN2O5S/c1-11(17(24)12-5-7-14(21)8-6-12)29-20-23-22-19(28-20)13-9-15(25-2)18(27-4)16(10-13)26-3/h5-11H,1-4H3/t11-/m1/s1. The second-order valence-corrected chi connectivity index (χ2v) is 8.13. The van der Waals surface area contributed by atoms with E-state index in [1.165, 1.54) is 33.1 Å². The zero-order valence-corrected chi connectivity index (χ0v) is 18.7. The summed E-state index contributed by atoms with van der Waals surface area (Å²) in [6.45, 7) is 1.80. The highest BCUT2D eigenvalue weighted by molar-refractivity contribution is 9.10. The van der Waals surface area contributed by atoms with Crippen molar-refractivity contribution in [3.63, 3.8) is 0 Å². The van der Waals surface area contributed by atoms with E-state index in [1.807, 2.05) is 12.1 Å². The van der Waals surface area contributed by atoms with Crippen LogP contribution >= 0.6 is 27.7 Å². The zero-order valence-electron chi connectivity index (χ0n) is 16.3. The van der Waals surface area contributed by atoms with Crippen LogP contribution in [-0.2, 0) is 0 Å². The maximum Gasteiger partial charge on any atom is 0.277 e. The number of aromatic nitrogens is 2. The maximum atomic E-state index is 12.6. The largest absolute Gasteiger partial charge is 0.493 e. The quantitative estimate of drug-likeness (QED) is 0.334. The SMILES string of the molecule is COc1cc(-c2nnc(S[C@H](C)C(=O)c3ccc(Br)cc3)o2)cc(OC)c1OC. The highest BCUT2D eigenvalue weighted by atomic mass is 79.9. The van der Waals surface area contributed by atoms with E-state index in [-0.39, 0.29) is 16.9 Å². The van der Waals surface area contributed by atoms with Gasteiger partial charge in [0, 0.05) is 15.6 Å². The number of rotatable bonds is 8. The molecule has 0 spiro atoms. The van der Waals surface area contributed by atoms with Crippen LogP contribution in [0.3, 0.4) is 0 Å². The van der Waals surface area contributed by atoms with E-state index in [0.717, 1.165) is 4.47 Å². The summed E-state index contributed by atoms with van der Waals surface area (Å²) in [6.07, 6.45) is 0. The topological polar surface area (TPSA) is 83.7 Å². The molecule has 0 radical (unpaired) electrons.